The van der Waals surface area contributed by atoms with Crippen LogP contribution in [0.1, 0.15) is 58.9 Å². The molecule has 4 N–H and O–H groups in total. The van der Waals surface area contributed by atoms with Crippen LogP contribution in [0.15, 0.2) is 54.1 Å². The number of amides is 1. The van der Waals surface area contributed by atoms with Crippen LogP contribution in [-0.2, 0) is 11.3 Å². The van der Waals surface area contributed by atoms with Crippen LogP contribution in [0.25, 0.3) is 0 Å². The smallest absolute Gasteiger partial charge is 0.233 e. The summed E-state index contributed by atoms with van der Waals surface area (Å²) in [5.41, 5.74) is 5.55. The number of benzene rings is 2. The van der Waals surface area contributed by atoms with Crippen LogP contribution in [0, 0.1) is 20.6 Å². The molecule has 0 saturated carbocycles. The van der Waals surface area contributed by atoms with Crippen LogP contribution < -0.4 is 15.8 Å². The minimum absolute atomic E-state index is 0.0737. The first kappa shape index (κ1) is 32.4. The van der Waals surface area contributed by atoms with Crippen LogP contribution in [0.4, 0.5) is 8.78 Å². The maximum Gasteiger partial charge on any atom is 0.233 e. The number of primary amides is 1. The van der Waals surface area contributed by atoms with Crippen molar-refractivity contribution in [3.05, 3.63) is 74.9 Å². The summed E-state index contributed by atoms with van der Waals surface area (Å²) in [6, 6.07) is 10.9. The van der Waals surface area contributed by atoms with Crippen molar-refractivity contribution >= 4 is 28.5 Å². The zero-order valence-electron chi connectivity index (χ0n) is 23.9. The minimum atomic E-state index is -1.62. The SMILES string of the molecule is CCCN(CCC)C1(C(CC)NCc2cccc(I)c2)CC(C)=CC(COc2cc(F)cc(F)c2)(C(N)=O)C1O. The lowest BCUT2D eigenvalue weighted by atomic mass is 9.61. The van der Waals surface area contributed by atoms with E-state index in [1.165, 1.54) is 0 Å². The first-order valence-electron chi connectivity index (χ1n) is 14.0. The van der Waals surface area contributed by atoms with Gasteiger partial charge in [-0.1, -0.05) is 44.6 Å². The van der Waals surface area contributed by atoms with Crippen LogP contribution >= 0.6 is 22.6 Å². The second kappa shape index (κ2) is 14.2. The molecular weight excluding hydrogens is 627 g/mol. The van der Waals surface area contributed by atoms with Crippen molar-refractivity contribution in [1.29, 1.82) is 0 Å². The number of carbonyl (C=O) groups excluding carboxylic acids is 1. The summed E-state index contributed by atoms with van der Waals surface area (Å²) in [7, 11) is 0. The van der Waals surface area contributed by atoms with Gasteiger partial charge in [-0.15, -0.1) is 0 Å². The zero-order chi connectivity index (χ0) is 29.5. The van der Waals surface area contributed by atoms with E-state index in [2.05, 4.69) is 65.7 Å². The Bertz CT molecular complexity index is 1170. The average molecular weight is 670 g/mol. The summed E-state index contributed by atoms with van der Waals surface area (Å²) in [5, 5.41) is 16.1. The fourth-order valence-corrected chi connectivity index (χ4v) is 6.83. The standard InChI is InChI=1S/C31H42F2IN3O3/c1-5-11-37(12-6-2)31(27(7-3)36-19-22-9-8-10-25(34)13-22)18-21(4)17-30(28(31)38,29(35)39)20-40-26-15-23(32)14-24(33)16-26/h8-10,13-17,27-28,36,38H,5-7,11-12,18-20H2,1-4H3,(H2,35,39). The summed E-state index contributed by atoms with van der Waals surface area (Å²) in [5.74, 6) is -2.41. The van der Waals surface area contributed by atoms with E-state index in [1.54, 1.807) is 6.08 Å². The highest BCUT2D eigenvalue weighted by Crippen LogP contribution is 2.47. The summed E-state index contributed by atoms with van der Waals surface area (Å²) in [6.07, 6.45) is 3.35. The van der Waals surface area contributed by atoms with Gasteiger partial charge in [-0.05, 0) is 86.0 Å². The van der Waals surface area contributed by atoms with Crippen molar-refractivity contribution in [1.82, 2.24) is 10.2 Å². The molecule has 1 amide bonds. The number of hydrogen-bond donors (Lipinski definition) is 3. The molecule has 220 valence electrons. The van der Waals surface area contributed by atoms with Gasteiger partial charge in [-0.25, -0.2) is 8.78 Å². The molecule has 2 aromatic rings. The van der Waals surface area contributed by atoms with Gasteiger partial charge in [-0.2, -0.15) is 0 Å². The molecule has 0 aromatic heterocycles. The molecule has 40 heavy (non-hydrogen) atoms. The number of nitrogens with one attached hydrogen (secondary N) is 1. The van der Waals surface area contributed by atoms with E-state index < -0.39 is 34.6 Å². The third-order valence-corrected chi connectivity index (χ3v) is 8.50. The lowest BCUT2D eigenvalue weighted by Gasteiger charge is -2.58. The zero-order valence-corrected chi connectivity index (χ0v) is 26.0. The number of nitrogens with zero attached hydrogens (tertiary/aromatic N) is 1. The van der Waals surface area contributed by atoms with Crippen molar-refractivity contribution in [3.8, 4) is 5.75 Å². The molecule has 0 spiro atoms. The largest absolute Gasteiger partial charge is 0.492 e. The Hall–Kier alpha value is -2.08. The highest BCUT2D eigenvalue weighted by molar-refractivity contribution is 14.1. The van der Waals surface area contributed by atoms with Crippen LogP contribution in [-0.4, -0.2) is 53.3 Å². The average Bonchev–Trinajstić information content (AvgIpc) is 2.89. The second-order valence-electron chi connectivity index (χ2n) is 10.8. The van der Waals surface area contributed by atoms with E-state index in [1.807, 2.05) is 19.1 Å². The van der Waals surface area contributed by atoms with Gasteiger partial charge in [0, 0.05) is 34.4 Å². The highest BCUT2D eigenvalue weighted by Gasteiger charge is 2.60. The number of carbonyl (C=O) groups is 1. The summed E-state index contributed by atoms with van der Waals surface area (Å²) >= 11 is 2.29. The van der Waals surface area contributed by atoms with E-state index in [9.17, 15) is 18.7 Å². The van der Waals surface area contributed by atoms with Gasteiger partial charge in [0.15, 0.2) is 0 Å². The number of aliphatic hydroxyl groups is 1. The van der Waals surface area contributed by atoms with Crippen molar-refractivity contribution in [2.45, 2.75) is 77.6 Å². The third-order valence-electron chi connectivity index (χ3n) is 7.83. The minimum Gasteiger partial charge on any atom is -0.492 e. The molecule has 0 fully saturated rings. The third kappa shape index (κ3) is 7.03. The van der Waals surface area contributed by atoms with Gasteiger partial charge in [0.2, 0.25) is 5.91 Å². The van der Waals surface area contributed by atoms with E-state index >= 15 is 0 Å². The molecule has 0 heterocycles. The van der Waals surface area contributed by atoms with Gasteiger partial charge in [0.25, 0.3) is 0 Å². The Balaban J connectivity index is 2.10. The fraction of sp³-hybridized carbons (Fsp3) is 0.516. The second-order valence-corrected chi connectivity index (χ2v) is 12.1. The van der Waals surface area contributed by atoms with Gasteiger partial charge < -0.3 is 20.9 Å². The Morgan fingerprint density at radius 2 is 1.82 bits per heavy atom. The molecule has 0 bridgehead atoms. The Morgan fingerprint density at radius 3 is 2.38 bits per heavy atom. The van der Waals surface area contributed by atoms with Gasteiger partial charge in [0.1, 0.15) is 29.4 Å². The number of ether oxygens (including phenoxy) is 1. The molecular formula is C31H42F2IN3O3. The van der Waals surface area contributed by atoms with Gasteiger partial charge >= 0.3 is 0 Å². The molecule has 1 aliphatic carbocycles. The normalized spacial score (nSPS) is 23.6. The number of aliphatic hydroxyl groups excluding tert-OH is 1. The van der Waals surface area contributed by atoms with Gasteiger partial charge in [0.05, 0.1) is 11.6 Å². The van der Waals surface area contributed by atoms with E-state index in [4.69, 9.17) is 10.5 Å². The predicted molar refractivity (Wildman–Crippen MR) is 163 cm³/mol. The predicted octanol–water partition coefficient (Wildman–Crippen LogP) is 5.56. The lowest BCUT2D eigenvalue weighted by Crippen LogP contribution is -2.74. The molecule has 6 nitrogen and oxygen atoms in total. The van der Waals surface area contributed by atoms with E-state index in [0.29, 0.717) is 32.5 Å². The first-order valence-corrected chi connectivity index (χ1v) is 15.1. The summed E-state index contributed by atoms with van der Waals surface area (Å²) < 4.78 is 34.7. The van der Waals surface area contributed by atoms with Crippen LogP contribution in [0.3, 0.4) is 0 Å². The highest BCUT2D eigenvalue weighted by atomic mass is 127. The molecule has 3 rings (SSSR count). The molecule has 2 aromatic carbocycles. The molecule has 9 heteroatoms. The van der Waals surface area contributed by atoms with Gasteiger partial charge in [-0.3, -0.25) is 9.69 Å². The van der Waals surface area contributed by atoms with Crippen molar-refractivity contribution in [3.63, 3.8) is 0 Å². The van der Waals surface area contributed by atoms with Crippen LogP contribution in [0.2, 0.25) is 0 Å². The molecule has 1 aliphatic rings. The maximum absolute atomic E-state index is 13.9. The number of rotatable bonds is 14. The fourth-order valence-electron chi connectivity index (χ4n) is 6.22. The molecule has 0 saturated heterocycles. The van der Waals surface area contributed by atoms with Crippen molar-refractivity contribution in [2.75, 3.05) is 19.7 Å². The maximum atomic E-state index is 13.9. The lowest BCUT2D eigenvalue weighted by molar-refractivity contribution is -0.152. The summed E-state index contributed by atoms with van der Waals surface area (Å²) in [6.45, 7) is 9.85. The number of halogens is 3. The number of hydrogen-bond acceptors (Lipinski definition) is 5. The molecule has 0 radical (unpaired) electrons. The topological polar surface area (TPSA) is 87.8 Å². The van der Waals surface area contributed by atoms with Crippen molar-refractivity contribution < 1.29 is 23.4 Å². The summed E-state index contributed by atoms with van der Waals surface area (Å²) in [4.78, 5) is 15.6. The Labute approximate surface area is 250 Å². The van der Waals surface area contributed by atoms with E-state index in [0.717, 1.165) is 45.7 Å². The number of nitrogens with two attached hydrogens (primary N) is 1. The van der Waals surface area contributed by atoms with E-state index in [-0.39, 0.29) is 18.4 Å². The molecule has 4 atom stereocenters. The first-order chi connectivity index (χ1) is 19.0. The monoisotopic (exact) mass is 669 g/mol. The molecule has 0 aliphatic heterocycles. The quantitative estimate of drug-likeness (QED) is 0.181. The van der Waals surface area contributed by atoms with Crippen LogP contribution in [0.5, 0.6) is 5.75 Å². The Kier molecular flexibility index (Phi) is 11.5. The van der Waals surface area contributed by atoms with Crippen molar-refractivity contribution in [2.24, 2.45) is 11.1 Å². The Morgan fingerprint density at radius 1 is 1.18 bits per heavy atom. The molecule has 4 unspecified atom stereocenters.